The van der Waals surface area contributed by atoms with E-state index in [4.69, 9.17) is 4.74 Å². The summed E-state index contributed by atoms with van der Waals surface area (Å²) < 4.78 is 6.05. The van der Waals surface area contributed by atoms with E-state index in [2.05, 4.69) is 39.1 Å². The average molecular weight is 348 g/mol. The lowest BCUT2D eigenvalue weighted by Crippen LogP contribution is -2.32. The van der Waals surface area contributed by atoms with Gasteiger partial charge in [0.1, 0.15) is 11.5 Å². The summed E-state index contributed by atoms with van der Waals surface area (Å²) in [5.41, 5.74) is 3.80. The van der Waals surface area contributed by atoms with E-state index in [0.717, 1.165) is 31.1 Å². The predicted molar refractivity (Wildman–Crippen MR) is 101 cm³/mol. The first kappa shape index (κ1) is 16.8. The smallest absolute Gasteiger partial charge is 0.145 e. The van der Waals surface area contributed by atoms with E-state index >= 15 is 0 Å². The van der Waals surface area contributed by atoms with E-state index in [1.54, 1.807) is 12.4 Å². The van der Waals surface area contributed by atoms with Crippen LogP contribution in [0.25, 0.3) is 0 Å². The van der Waals surface area contributed by atoms with Gasteiger partial charge < -0.3 is 4.74 Å². The van der Waals surface area contributed by atoms with Crippen molar-refractivity contribution >= 4 is 0 Å². The number of likely N-dealkylation sites (tertiary alicyclic amines) is 1. The van der Waals surface area contributed by atoms with Crippen molar-refractivity contribution in [2.75, 3.05) is 13.1 Å². The lowest BCUT2D eigenvalue weighted by Gasteiger charge is -2.32. The Morgan fingerprint density at radius 2 is 1.96 bits per heavy atom. The predicted octanol–water partition coefficient (Wildman–Crippen LogP) is 4.29. The SMILES string of the molecule is Cc1[nH]ncc1C1CCN(Cc2ccccc2Oc2cccnc2)CC1. The molecule has 5 nitrogen and oxygen atoms in total. The van der Waals surface area contributed by atoms with Crippen LogP contribution in [-0.4, -0.2) is 33.2 Å². The molecule has 0 radical (unpaired) electrons. The van der Waals surface area contributed by atoms with E-state index in [0.29, 0.717) is 5.92 Å². The quantitative estimate of drug-likeness (QED) is 0.747. The molecule has 134 valence electrons. The van der Waals surface area contributed by atoms with Crippen molar-refractivity contribution in [2.24, 2.45) is 0 Å². The topological polar surface area (TPSA) is 54.0 Å². The number of nitrogens with zero attached hydrogens (tertiary/aromatic N) is 3. The molecule has 0 bridgehead atoms. The van der Waals surface area contributed by atoms with Gasteiger partial charge in [0.15, 0.2) is 0 Å². The molecule has 1 aliphatic rings. The Morgan fingerprint density at radius 1 is 1.12 bits per heavy atom. The maximum atomic E-state index is 6.05. The largest absolute Gasteiger partial charge is 0.455 e. The molecule has 1 N–H and O–H groups in total. The number of H-pyrrole nitrogens is 1. The summed E-state index contributed by atoms with van der Waals surface area (Å²) in [7, 11) is 0. The minimum Gasteiger partial charge on any atom is -0.455 e. The summed E-state index contributed by atoms with van der Waals surface area (Å²) in [4.78, 5) is 6.63. The van der Waals surface area contributed by atoms with Gasteiger partial charge >= 0.3 is 0 Å². The Balaban J connectivity index is 1.40. The zero-order chi connectivity index (χ0) is 17.8. The van der Waals surface area contributed by atoms with Gasteiger partial charge in [0.25, 0.3) is 0 Å². The van der Waals surface area contributed by atoms with Gasteiger partial charge in [-0.25, -0.2) is 0 Å². The van der Waals surface area contributed by atoms with Crippen molar-refractivity contribution in [1.82, 2.24) is 20.1 Å². The number of pyridine rings is 1. The summed E-state index contributed by atoms with van der Waals surface area (Å²) in [6.07, 6.45) is 7.84. The molecule has 1 fully saturated rings. The number of rotatable bonds is 5. The van der Waals surface area contributed by atoms with Crippen molar-refractivity contribution in [1.29, 1.82) is 0 Å². The number of aryl methyl sites for hydroxylation is 1. The minimum atomic E-state index is 0.617. The minimum absolute atomic E-state index is 0.617. The molecule has 3 aromatic rings. The lowest BCUT2D eigenvalue weighted by atomic mass is 9.90. The van der Waals surface area contributed by atoms with E-state index in [1.807, 2.05) is 30.5 Å². The molecule has 0 aliphatic carbocycles. The first-order valence-electron chi connectivity index (χ1n) is 9.17. The van der Waals surface area contributed by atoms with Crippen LogP contribution in [0.5, 0.6) is 11.5 Å². The third kappa shape index (κ3) is 3.78. The molecule has 0 spiro atoms. The molecular weight excluding hydrogens is 324 g/mol. The molecule has 0 unspecified atom stereocenters. The number of para-hydroxylation sites is 1. The van der Waals surface area contributed by atoms with Crippen LogP contribution in [0.4, 0.5) is 0 Å². The zero-order valence-electron chi connectivity index (χ0n) is 15.1. The molecule has 4 rings (SSSR count). The van der Waals surface area contributed by atoms with Crippen LogP contribution in [0.3, 0.4) is 0 Å². The second-order valence-electron chi connectivity index (χ2n) is 6.90. The summed E-state index contributed by atoms with van der Waals surface area (Å²) in [6.45, 7) is 5.21. The maximum absolute atomic E-state index is 6.05. The number of benzene rings is 1. The van der Waals surface area contributed by atoms with Crippen LogP contribution in [-0.2, 0) is 6.54 Å². The lowest BCUT2D eigenvalue weighted by molar-refractivity contribution is 0.203. The third-order valence-electron chi connectivity index (χ3n) is 5.13. The van der Waals surface area contributed by atoms with Crippen LogP contribution in [0.1, 0.15) is 35.6 Å². The molecule has 1 aromatic carbocycles. The first-order chi connectivity index (χ1) is 12.8. The van der Waals surface area contributed by atoms with Crippen molar-refractivity contribution < 1.29 is 4.74 Å². The van der Waals surface area contributed by atoms with Crippen molar-refractivity contribution in [3.8, 4) is 11.5 Å². The fraction of sp³-hybridized carbons (Fsp3) is 0.333. The van der Waals surface area contributed by atoms with Gasteiger partial charge in [0.05, 0.1) is 12.4 Å². The Bertz CT molecular complexity index is 838. The van der Waals surface area contributed by atoms with Gasteiger partial charge in [-0.15, -0.1) is 0 Å². The number of aromatic amines is 1. The molecule has 0 atom stereocenters. The van der Waals surface area contributed by atoms with Crippen LogP contribution in [0.2, 0.25) is 0 Å². The summed E-state index contributed by atoms with van der Waals surface area (Å²) in [6, 6.07) is 12.1. The number of hydrogen-bond donors (Lipinski definition) is 1. The molecule has 5 heteroatoms. The van der Waals surface area contributed by atoms with E-state index in [-0.39, 0.29) is 0 Å². The zero-order valence-corrected chi connectivity index (χ0v) is 15.1. The van der Waals surface area contributed by atoms with E-state index in [9.17, 15) is 0 Å². The van der Waals surface area contributed by atoms with Crippen LogP contribution >= 0.6 is 0 Å². The van der Waals surface area contributed by atoms with Crippen molar-refractivity contribution in [3.05, 3.63) is 71.8 Å². The van der Waals surface area contributed by atoms with Crippen LogP contribution in [0.15, 0.2) is 55.0 Å². The van der Waals surface area contributed by atoms with Crippen LogP contribution in [0, 0.1) is 6.92 Å². The second-order valence-corrected chi connectivity index (χ2v) is 6.90. The Hall–Kier alpha value is -2.66. The summed E-state index contributed by atoms with van der Waals surface area (Å²) in [5.74, 6) is 2.30. The van der Waals surface area contributed by atoms with Gasteiger partial charge in [-0.3, -0.25) is 15.0 Å². The fourth-order valence-corrected chi connectivity index (χ4v) is 3.68. The normalized spacial score (nSPS) is 15.9. The average Bonchev–Trinajstić information content (AvgIpc) is 3.11. The first-order valence-corrected chi connectivity index (χ1v) is 9.17. The molecule has 0 amide bonds. The van der Waals surface area contributed by atoms with Crippen LogP contribution < -0.4 is 4.74 Å². The number of nitrogens with one attached hydrogen (secondary N) is 1. The van der Waals surface area contributed by atoms with E-state index < -0.39 is 0 Å². The number of piperidine rings is 1. The highest BCUT2D eigenvalue weighted by Crippen LogP contribution is 2.31. The summed E-state index contributed by atoms with van der Waals surface area (Å²) >= 11 is 0. The highest BCUT2D eigenvalue weighted by Gasteiger charge is 2.23. The molecule has 26 heavy (non-hydrogen) atoms. The Morgan fingerprint density at radius 3 is 2.69 bits per heavy atom. The Kier molecular flexibility index (Phi) is 4.97. The maximum Gasteiger partial charge on any atom is 0.145 e. The molecule has 1 aliphatic heterocycles. The van der Waals surface area contributed by atoms with Crippen molar-refractivity contribution in [2.45, 2.75) is 32.2 Å². The van der Waals surface area contributed by atoms with Gasteiger partial charge in [-0.1, -0.05) is 18.2 Å². The van der Waals surface area contributed by atoms with Gasteiger partial charge in [0, 0.05) is 24.0 Å². The van der Waals surface area contributed by atoms with Gasteiger partial charge in [-0.05, 0) is 62.5 Å². The highest BCUT2D eigenvalue weighted by atomic mass is 16.5. The standard InChI is InChI=1S/C21H24N4O/c1-16-20(14-23-24-16)17-8-11-25(12-9-17)15-18-5-2-3-7-21(18)26-19-6-4-10-22-13-19/h2-7,10,13-14,17H,8-9,11-12,15H2,1H3,(H,23,24). The van der Waals surface area contributed by atoms with E-state index in [1.165, 1.54) is 29.7 Å². The molecule has 2 aromatic heterocycles. The van der Waals surface area contributed by atoms with Gasteiger partial charge in [0.2, 0.25) is 0 Å². The molecule has 3 heterocycles. The molecule has 1 saturated heterocycles. The number of aromatic nitrogens is 3. The Labute approximate surface area is 154 Å². The third-order valence-corrected chi connectivity index (χ3v) is 5.13. The monoisotopic (exact) mass is 348 g/mol. The highest BCUT2D eigenvalue weighted by molar-refractivity contribution is 5.37. The van der Waals surface area contributed by atoms with Crippen molar-refractivity contribution in [3.63, 3.8) is 0 Å². The number of hydrogen-bond acceptors (Lipinski definition) is 4. The van der Waals surface area contributed by atoms with Gasteiger partial charge in [-0.2, -0.15) is 5.10 Å². The fourth-order valence-electron chi connectivity index (χ4n) is 3.68. The molecular formula is C21H24N4O. The number of ether oxygens (including phenoxy) is 1. The molecule has 0 saturated carbocycles. The second kappa shape index (κ2) is 7.70. The summed E-state index contributed by atoms with van der Waals surface area (Å²) in [5, 5.41) is 7.24.